The van der Waals surface area contributed by atoms with Crippen LogP contribution < -0.4 is 5.32 Å². The van der Waals surface area contributed by atoms with Gasteiger partial charge in [0.05, 0.1) is 12.2 Å². The second-order valence-electron chi connectivity index (χ2n) is 3.83. The number of hydrogen-bond acceptors (Lipinski definition) is 6. The number of aldehydes is 1. The number of carbonyl (C=O) groups is 1. The van der Waals surface area contributed by atoms with Gasteiger partial charge in [0.1, 0.15) is 16.8 Å². The first-order chi connectivity index (χ1) is 8.53. The molecule has 0 aliphatic heterocycles. The number of nitrogens with one attached hydrogen (secondary N) is 1. The van der Waals surface area contributed by atoms with Gasteiger partial charge in [-0.2, -0.15) is 11.8 Å². The number of carbonyl (C=O) groups excluding carboxylic acids is 1. The van der Waals surface area contributed by atoms with Crippen LogP contribution in [0.3, 0.4) is 0 Å². The van der Waals surface area contributed by atoms with Gasteiger partial charge in [-0.1, -0.05) is 11.6 Å². The van der Waals surface area contributed by atoms with Crippen molar-refractivity contribution >= 4 is 35.5 Å². The summed E-state index contributed by atoms with van der Waals surface area (Å²) in [6.07, 6.45) is 2.54. The van der Waals surface area contributed by atoms with Crippen LogP contribution in [-0.2, 0) is 0 Å². The molecule has 0 spiro atoms. The van der Waals surface area contributed by atoms with Crippen LogP contribution in [0.25, 0.3) is 0 Å². The molecule has 2 N–H and O–H groups in total. The van der Waals surface area contributed by atoms with Crippen molar-refractivity contribution < 1.29 is 9.90 Å². The van der Waals surface area contributed by atoms with E-state index >= 15 is 0 Å². The van der Waals surface area contributed by atoms with Gasteiger partial charge < -0.3 is 10.4 Å². The number of aliphatic hydroxyl groups is 1. The fourth-order valence-corrected chi connectivity index (χ4v) is 2.39. The molecule has 5 nitrogen and oxygen atoms in total. The maximum absolute atomic E-state index is 11.0. The Morgan fingerprint density at radius 1 is 1.56 bits per heavy atom. The Labute approximate surface area is 115 Å². The third-order valence-corrected chi connectivity index (χ3v) is 3.98. The number of rotatable bonds is 6. The lowest BCUT2D eigenvalue weighted by Crippen LogP contribution is -2.32. The molecule has 18 heavy (non-hydrogen) atoms. The van der Waals surface area contributed by atoms with E-state index < -0.39 is 0 Å². The molecule has 0 fully saturated rings. The third kappa shape index (κ3) is 3.57. The third-order valence-electron chi connectivity index (χ3n) is 2.53. The second-order valence-corrected chi connectivity index (χ2v) is 5.27. The van der Waals surface area contributed by atoms with Crippen LogP contribution in [0.15, 0.2) is 0 Å². The number of hydrogen-bond donors (Lipinski definition) is 2. The highest BCUT2D eigenvalue weighted by Gasteiger charge is 2.18. The summed E-state index contributed by atoms with van der Waals surface area (Å²) in [5.74, 6) is 0.896. The molecule has 1 aromatic rings. The molecule has 7 heteroatoms. The summed E-state index contributed by atoms with van der Waals surface area (Å²) >= 11 is 7.43. The number of aliphatic hydroxyl groups excluding tert-OH is 1. The summed E-state index contributed by atoms with van der Waals surface area (Å²) in [6, 6.07) is -0.0472. The molecule has 2 unspecified atom stereocenters. The number of anilines is 1. The Morgan fingerprint density at radius 2 is 2.22 bits per heavy atom. The normalized spacial score (nSPS) is 14.1. The first kappa shape index (κ1) is 15.2. The van der Waals surface area contributed by atoms with Crippen molar-refractivity contribution in [1.29, 1.82) is 0 Å². The molecule has 1 rings (SSSR count). The average molecular weight is 290 g/mol. The standard InChI is InChI=1S/C11H16ClN3O2S/c1-6(9(5-17)18-3)13-11-8(4-16)10(12)14-7(2)15-11/h4,6,9,17H,5H2,1-3H3,(H,13,14,15). The summed E-state index contributed by atoms with van der Waals surface area (Å²) in [4.78, 5) is 19.1. The molecule has 0 aliphatic carbocycles. The maximum Gasteiger partial charge on any atom is 0.156 e. The molecular weight excluding hydrogens is 274 g/mol. The summed E-state index contributed by atoms with van der Waals surface area (Å²) in [7, 11) is 0. The minimum Gasteiger partial charge on any atom is -0.395 e. The highest BCUT2D eigenvalue weighted by molar-refractivity contribution is 7.99. The van der Waals surface area contributed by atoms with Crippen molar-refractivity contribution in [2.24, 2.45) is 0 Å². The average Bonchev–Trinajstić information content (AvgIpc) is 2.30. The molecular formula is C11H16ClN3O2S. The van der Waals surface area contributed by atoms with Gasteiger partial charge >= 0.3 is 0 Å². The van der Waals surface area contributed by atoms with Crippen LogP contribution in [0, 0.1) is 6.92 Å². The topological polar surface area (TPSA) is 75.1 Å². The zero-order valence-corrected chi connectivity index (χ0v) is 12.0. The largest absolute Gasteiger partial charge is 0.395 e. The molecule has 0 bridgehead atoms. The Bertz CT molecular complexity index is 427. The second kappa shape index (κ2) is 6.92. The molecule has 0 saturated heterocycles. The Morgan fingerprint density at radius 3 is 2.72 bits per heavy atom. The van der Waals surface area contributed by atoms with Crippen LogP contribution in [0.5, 0.6) is 0 Å². The molecule has 0 amide bonds. The molecule has 100 valence electrons. The van der Waals surface area contributed by atoms with Crippen LogP contribution in [-0.4, -0.2) is 45.5 Å². The molecule has 0 aromatic carbocycles. The fourth-order valence-electron chi connectivity index (χ4n) is 1.51. The van der Waals surface area contributed by atoms with Crippen molar-refractivity contribution in [3.63, 3.8) is 0 Å². The van der Waals surface area contributed by atoms with E-state index in [1.54, 1.807) is 18.7 Å². The van der Waals surface area contributed by atoms with E-state index in [0.717, 1.165) is 0 Å². The highest BCUT2D eigenvalue weighted by atomic mass is 35.5. The minimum absolute atomic E-state index is 0.0125. The van der Waals surface area contributed by atoms with Gasteiger partial charge in [-0.05, 0) is 20.1 Å². The number of nitrogens with zero attached hydrogens (tertiary/aromatic N) is 2. The van der Waals surface area contributed by atoms with Crippen molar-refractivity contribution in [3.05, 3.63) is 16.5 Å². The summed E-state index contributed by atoms with van der Waals surface area (Å²) in [5.41, 5.74) is 0.243. The van der Waals surface area contributed by atoms with E-state index in [9.17, 15) is 9.90 Å². The Kier molecular flexibility index (Phi) is 5.84. The van der Waals surface area contributed by atoms with E-state index in [1.807, 2.05) is 13.2 Å². The lowest BCUT2D eigenvalue weighted by molar-refractivity contribution is 0.112. The first-order valence-corrected chi connectivity index (χ1v) is 7.09. The molecule has 0 aliphatic rings. The van der Waals surface area contributed by atoms with Gasteiger partial charge in [0, 0.05) is 11.3 Å². The van der Waals surface area contributed by atoms with E-state index in [1.165, 1.54) is 0 Å². The smallest absolute Gasteiger partial charge is 0.156 e. The van der Waals surface area contributed by atoms with Crippen molar-refractivity contribution in [2.45, 2.75) is 25.1 Å². The van der Waals surface area contributed by atoms with E-state index in [4.69, 9.17) is 11.6 Å². The summed E-state index contributed by atoms with van der Waals surface area (Å²) < 4.78 is 0. The van der Waals surface area contributed by atoms with Crippen molar-refractivity contribution in [3.8, 4) is 0 Å². The predicted molar refractivity (Wildman–Crippen MR) is 74.6 cm³/mol. The van der Waals surface area contributed by atoms with Gasteiger partial charge in [0.2, 0.25) is 0 Å². The quantitative estimate of drug-likeness (QED) is 0.614. The van der Waals surface area contributed by atoms with Crippen molar-refractivity contribution in [1.82, 2.24) is 9.97 Å². The molecule has 0 radical (unpaired) electrons. The number of aromatic nitrogens is 2. The summed E-state index contributed by atoms with van der Waals surface area (Å²) in [5, 5.41) is 12.5. The lowest BCUT2D eigenvalue weighted by Gasteiger charge is -2.22. The fraction of sp³-hybridized carbons (Fsp3) is 0.545. The molecule has 2 atom stereocenters. The van der Waals surface area contributed by atoms with Gasteiger partial charge in [0.15, 0.2) is 6.29 Å². The number of halogens is 1. The SMILES string of the molecule is CSC(CO)C(C)Nc1nc(C)nc(Cl)c1C=O. The van der Waals surface area contributed by atoms with Crippen molar-refractivity contribution in [2.75, 3.05) is 18.2 Å². The lowest BCUT2D eigenvalue weighted by atomic mass is 10.2. The molecule has 1 aromatic heterocycles. The van der Waals surface area contributed by atoms with Crippen LogP contribution >= 0.6 is 23.4 Å². The highest BCUT2D eigenvalue weighted by Crippen LogP contribution is 2.21. The van der Waals surface area contributed by atoms with Gasteiger partial charge in [-0.15, -0.1) is 0 Å². The summed E-state index contributed by atoms with van der Waals surface area (Å²) in [6.45, 7) is 3.66. The van der Waals surface area contributed by atoms with Crippen LogP contribution in [0.1, 0.15) is 23.1 Å². The predicted octanol–water partition coefficient (Wildman–Crippen LogP) is 1.78. The van der Waals surface area contributed by atoms with E-state index in [-0.39, 0.29) is 28.6 Å². The van der Waals surface area contributed by atoms with E-state index in [0.29, 0.717) is 17.9 Å². The number of aryl methyl sites for hydroxylation is 1. The first-order valence-electron chi connectivity index (χ1n) is 5.43. The van der Waals surface area contributed by atoms with Crippen LogP contribution in [0.4, 0.5) is 5.82 Å². The van der Waals surface area contributed by atoms with Gasteiger partial charge in [-0.25, -0.2) is 9.97 Å². The Hall–Kier alpha value is -0.850. The van der Waals surface area contributed by atoms with Gasteiger partial charge in [-0.3, -0.25) is 4.79 Å². The monoisotopic (exact) mass is 289 g/mol. The molecule has 1 heterocycles. The Balaban J connectivity index is 2.99. The zero-order chi connectivity index (χ0) is 13.7. The van der Waals surface area contributed by atoms with E-state index in [2.05, 4.69) is 15.3 Å². The maximum atomic E-state index is 11.0. The number of thioether (sulfide) groups is 1. The minimum atomic E-state index is -0.0472. The zero-order valence-electron chi connectivity index (χ0n) is 10.5. The molecule has 0 saturated carbocycles. The van der Waals surface area contributed by atoms with Gasteiger partial charge in [0.25, 0.3) is 0 Å². The van der Waals surface area contributed by atoms with Crippen LogP contribution in [0.2, 0.25) is 5.15 Å².